The van der Waals surface area contributed by atoms with Gasteiger partial charge in [0.25, 0.3) is 0 Å². The van der Waals surface area contributed by atoms with Gasteiger partial charge in [-0.2, -0.15) is 0 Å². The maximum atomic E-state index is 13.8. The van der Waals surface area contributed by atoms with Crippen molar-refractivity contribution >= 4 is 43.5 Å². The summed E-state index contributed by atoms with van der Waals surface area (Å²) in [7, 11) is 0. The standard InChI is InChI=1S/C13H11Br2ClFN3/c14-8-5-10(15)13(19-6-8)12(20-18)4-7-3-9(16)1-2-11(7)17/h1-3,5-6,12,20H,4,18H2. The zero-order chi connectivity index (χ0) is 14.7. The van der Waals surface area contributed by atoms with E-state index in [1.54, 1.807) is 12.3 Å². The van der Waals surface area contributed by atoms with E-state index in [4.69, 9.17) is 17.4 Å². The third-order valence-corrected chi connectivity index (χ3v) is 4.10. The summed E-state index contributed by atoms with van der Waals surface area (Å²) >= 11 is 12.7. The molecule has 1 heterocycles. The van der Waals surface area contributed by atoms with Gasteiger partial charge < -0.3 is 0 Å². The number of aromatic nitrogens is 1. The Kier molecular flexibility index (Phi) is 5.51. The average Bonchev–Trinajstić information content (AvgIpc) is 2.40. The van der Waals surface area contributed by atoms with Crippen molar-refractivity contribution in [2.24, 2.45) is 5.84 Å². The summed E-state index contributed by atoms with van der Waals surface area (Å²) in [5.41, 5.74) is 3.84. The van der Waals surface area contributed by atoms with Gasteiger partial charge in [0.1, 0.15) is 5.82 Å². The molecule has 0 spiro atoms. The summed E-state index contributed by atoms with van der Waals surface area (Å²) in [6.07, 6.45) is 2.01. The fourth-order valence-electron chi connectivity index (χ4n) is 1.84. The maximum Gasteiger partial charge on any atom is 0.126 e. The van der Waals surface area contributed by atoms with Gasteiger partial charge in [-0.1, -0.05) is 11.6 Å². The number of rotatable bonds is 4. The molecule has 0 aliphatic rings. The number of halogens is 4. The first-order valence-electron chi connectivity index (χ1n) is 5.72. The molecule has 3 N–H and O–H groups in total. The van der Waals surface area contributed by atoms with E-state index in [2.05, 4.69) is 42.3 Å². The lowest BCUT2D eigenvalue weighted by Crippen LogP contribution is -2.30. The first-order chi connectivity index (χ1) is 9.51. The van der Waals surface area contributed by atoms with Crippen molar-refractivity contribution in [1.29, 1.82) is 0 Å². The van der Waals surface area contributed by atoms with Crippen molar-refractivity contribution < 1.29 is 4.39 Å². The van der Waals surface area contributed by atoms with Gasteiger partial charge in [0.2, 0.25) is 0 Å². The average molecular weight is 424 g/mol. The minimum Gasteiger partial charge on any atom is -0.271 e. The topological polar surface area (TPSA) is 50.9 Å². The molecule has 2 rings (SSSR count). The predicted octanol–water partition coefficient (Wildman–Crippen LogP) is 4.15. The molecule has 3 nitrogen and oxygen atoms in total. The Labute approximate surface area is 138 Å². The highest BCUT2D eigenvalue weighted by atomic mass is 79.9. The molecule has 1 aromatic heterocycles. The number of pyridine rings is 1. The molecule has 0 aliphatic heterocycles. The van der Waals surface area contributed by atoms with Gasteiger partial charge in [-0.15, -0.1) is 0 Å². The molecule has 2 aromatic rings. The lowest BCUT2D eigenvalue weighted by molar-refractivity contribution is 0.517. The molecule has 0 saturated carbocycles. The fourth-order valence-corrected chi connectivity index (χ4v) is 3.29. The van der Waals surface area contributed by atoms with E-state index in [1.165, 1.54) is 12.1 Å². The third-order valence-electron chi connectivity index (χ3n) is 2.80. The van der Waals surface area contributed by atoms with Gasteiger partial charge in [-0.3, -0.25) is 16.3 Å². The SMILES string of the molecule is NNC(Cc1cc(Cl)ccc1F)c1ncc(Br)cc1Br. The van der Waals surface area contributed by atoms with Crippen LogP contribution in [0.1, 0.15) is 17.3 Å². The molecule has 1 aromatic carbocycles. The Balaban J connectivity index is 2.31. The van der Waals surface area contributed by atoms with Crippen LogP contribution in [-0.2, 0) is 6.42 Å². The Morgan fingerprint density at radius 2 is 2.10 bits per heavy atom. The van der Waals surface area contributed by atoms with E-state index in [9.17, 15) is 4.39 Å². The van der Waals surface area contributed by atoms with Crippen molar-refractivity contribution in [3.8, 4) is 0 Å². The quantitative estimate of drug-likeness (QED) is 0.574. The number of hydrogen-bond acceptors (Lipinski definition) is 3. The minimum absolute atomic E-state index is 0.317. The van der Waals surface area contributed by atoms with Crippen LogP contribution in [0.25, 0.3) is 0 Å². The number of hydrogen-bond donors (Lipinski definition) is 2. The highest BCUT2D eigenvalue weighted by Gasteiger charge is 2.17. The predicted molar refractivity (Wildman–Crippen MR) is 84.8 cm³/mol. The monoisotopic (exact) mass is 421 g/mol. The largest absolute Gasteiger partial charge is 0.271 e. The van der Waals surface area contributed by atoms with Gasteiger partial charge in [-0.05, 0) is 68.1 Å². The van der Waals surface area contributed by atoms with Crippen molar-refractivity contribution in [3.05, 3.63) is 61.5 Å². The van der Waals surface area contributed by atoms with Crippen LogP contribution in [0, 0.1) is 5.82 Å². The van der Waals surface area contributed by atoms with Crippen LogP contribution >= 0.6 is 43.5 Å². The van der Waals surface area contributed by atoms with Crippen molar-refractivity contribution in [3.63, 3.8) is 0 Å². The molecule has 106 valence electrons. The Morgan fingerprint density at radius 1 is 1.35 bits per heavy atom. The summed E-state index contributed by atoms with van der Waals surface area (Å²) in [6, 6.07) is 5.98. The van der Waals surface area contributed by atoms with Crippen LogP contribution in [0.4, 0.5) is 4.39 Å². The van der Waals surface area contributed by atoms with Crippen LogP contribution in [-0.4, -0.2) is 4.98 Å². The maximum absolute atomic E-state index is 13.8. The molecule has 0 bridgehead atoms. The summed E-state index contributed by atoms with van der Waals surface area (Å²) < 4.78 is 15.4. The van der Waals surface area contributed by atoms with Gasteiger partial charge in [0, 0.05) is 20.2 Å². The number of nitrogens with zero attached hydrogens (tertiary/aromatic N) is 1. The van der Waals surface area contributed by atoms with Crippen molar-refractivity contribution in [2.75, 3.05) is 0 Å². The molecule has 0 saturated heterocycles. The zero-order valence-electron chi connectivity index (χ0n) is 10.2. The molecule has 1 atom stereocenters. The second-order valence-corrected chi connectivity index (χ2v) is 6.39. The van der Waals surface area contributed by atoms with E-state index in [1.807, 2.05) is 6.07 Å². The van der Waals surface area contributed by atoms with E-state index in [0.717, 1.165) is 8.95 Å². The number of benzene rings is 1. The van der Waals surface area contributed by atoms with Gasteiger partial charge in [0.05, 0.1) is 11.7 Å². The van der Waals surface area contributed by atoms with E-state index >= 15 is 0 Å². The molecule has 0 radical (unpaired) electrons. The zero-order valence-corrected chi connectivity index (χ0v) is 14.1. The second kappa shape index (κ2) is 6.95. The molecular weight excluding hydrogens is 412 g/mol. The number of nitrogens with one attached hydrogen (secondary N) is 1. The second-order valence-electron chi connectivity index (χ2n) is 4.18. The molecule has 0 amide bonds. The summed E-state index contributed by atoms with van der Waals surface area (Å²) in [6.45, 7) is 0. The van der Waals surface area contributed by atoms with Crippen LogP contribution < -0.4 is 11.3 Å². The lowest BCUT2D eigenvalue weighted by Gasteiger charge is -2.17. The van der Waals surface area contributed by atoms with Gasteiger partial charge in [0.15, 0.2) is 0 Å². The Morgan fingerprint density at radius 3 is 2.75 bits per heavy atom. The number of hydrazine groups is 1. The van der Waals surface area contributed by atoms with E-state index in [-0.39, 0.29) is 11.9 Å². The summed E-state index contributed by atoms with van der Waals surface area (Å²) in [4.78, 5) is 4.31. The fraction of sp³-hybridized carbons (Fsp3) is 0.154. The molecule has 1 unspecified atom stereocenters. The highest BCUT2D eigenvalue weighted by molar-refractivity contribution is 9.11. The van der Waals surface area contributed by atoms with Crippen molar-refractivity contribution in [2.45, 2.75) is 12.5 Å². The molecule has 20 heavy (non-hydrogen) atoms. The van der Waals surface area contributed by atoms with Crippen LogP contribution in [0.15, 0.2) is 39.4 Å². The lowest BCUT2D eigenvalue weighted by atomic mass is 10.0. The van der Waals surface area contributed by atoms with E-state index < -0.39 is 0 Å². The normalized spacial score (nSPS) is 12.4. The first kappa shape index (κ1) is 15.9. The van der Waals surface area contributed by atoms with Crippen LogP contribution in [0.2, 0.25) is 5.02 Å². The molecular formula is C13H11Br2ClFN3. The van der Waals surface area contributed by atoms with Gasteiger partial charge >= 0.3 is 0 Å². The van der Waals surface area contributed by atoms with E-state index in [0.29, 0.717) is 22.7 Å². The Bertz CT molecular complexity index is 625. The van der Waals surface area contributed by atoms with Crippen LogP contribution in [0.3, 0.4) is 0 Å². The van der Waals surface area contributed by atoms with Crippen LogP contribution in [0.5, 0.6) is 0 Å². The molecule has 0 fully saturated rings. The summed E-state index contributed by atoms with van der Waals surface area (Å²) in [5.74, 6) is 5.25. The smallest absolute Gasteiger partial charge is 0.126 e. The molecule has 0 aliphatic carbocycles. The highest BCUT2D eigenvalue weighted by Crippen LogP contribution is 2.27. The molecule has 7 heteroatoms. The first-order valence-corrected chi connectivity index (χ1v) is 7.68. The minimum atomic E-state index is -0.328. The third kappa shape index (κ3) is 3.77. The Hall–Kier alpha value is -0.530. The summed E-state index contributed by atoms with van der Waals surface area (Å²) in [5, 5.41) is 0.486. The van der Waals surface area contributed by atoms with Gasteiger partial charge in [-0.25, -0.2) is 4.39 Å². The van der Waals surface area contributed by atoms with Crippen molar-refractivity contribution in [1.82, 2.24) is 10.4 Å². The number of nitrogens with two attached hydrogens (primary N) is 1.